The topological polar surface area (TPSA) is 61.6 Å². The van der Waals surface area contributed by atoms with Crippen molar-refractivity contribution >= 4 is 24.1 Å². The van der Waals surface area contributed by atoms with Crippen molar-refractivity contribution in [1.29, 1.82) is 0 Å². The number of nitrogens with two attached hydrogens (primary N) is 1. The van der Waals surface area contributed by atoms with Gasteiger partial charge in [-0.2, -0.15) is 0 Å². The zero-order valence-electron chi connectivity index (χ0n) is 14.5. The molecule has 0 radical (unpaired) electrons. The largest absolute Gasteiger partial charge is 0.471 e. The molecule has 4 nitrogen and oxygen atoms in total. The molecule has 2 N–H and O–H groups in total. The van der Waals surface area contributed by atoms with Crippen molar-refractivity contribution in [2.75, 3.05) is 7.11 Å². The molecule has 2 aromatic carbocycles. The number of allylic oxidation sites excluding steroid dienone is 1. The quantitative estimate of drug-likeness (QED) is 0.764. The fourth-order valence-electron chi connectivity index (χ4n) is 1.57. The summed E-state index contributed by atoms with van der Waals surface area (Å²) in [5.74, 6) is 1.51. The smallest absolute Gasteiger partial charge is 0.292 e. The van der Waals surface area contributed by atoms with Gasteiger partial charge in [0.05, 0.1) is 7.11 Å². The van der Waals surface area contributed by atoms with Crippen LogP contribution in [0, 0.1) is 0 Å². The third kappa shape index (κ3) is 8.86. The number of benzene rings is 2. The highest BCUT2D eigenvalue weighted by Crippen LogP contribution is 2.27. The Morgan fingerprint density at radius 1 is 1.08 bits per heavy atom. The maximum absolute atomic E-state index is 8.95. The fourth-order valence-corrected chi connectivity index (χ4v) is 1.69. The van der Waals surface area contributed by atoms with E-state index < -0.39 is 0 Å². The van der Waals surface area contributed by atoms with Gasteiger partial charge in [-0.3, -0.25) is 4.79 Å². The normalized spacial score (nSPS) is 9.62. The molecule has 0 amide bonds. The molecule has 0 aliphatic heterocycles. The lowest BCUT2D eigenvalue weighted by Crippen LogP contribution is -1.92. The SMILES string of the molecule is C/C(N)=C\c1ccccc1Oc1ccc(Cl)cc1.CC.COC=O. The molecular formula is C19H24ClNO3. The molecule has 0 aliphatic carbocycles. The number of hydrogen-bond donors (Lipinski definition) is 1. The highest BCUT2D eigenvalue weighted by Gasteiger charge is 2.02. The zero-order chi connectivity index (χ0) is 18.4. The number of carbonyl (C=O) groups excluding carboxylic acids is 1. The third-order valence-corrected chi connectivity index (χ3v) is 2.69. The monoisotopic (exact) mass is 349 g/mol. The van der Waals surface area contributed by atoms with Gasteiger partial charge in [-0.05, 0) is 43.3 Å². The average molecular weight is 350 g/mol. The van der Waals surface area contributed by atoms with Gasteiger partial charge in [-0.25, -0.2) is 0 Å². The first-order valence-corrected chi connectivity index (χ1v) is 7.87. The van der Waals surface area contributed by atoms with E-state index in [1.165, 1.54) is 7.11 Å². The van der Waals surface area contributed by atoms with Crippen molar-refractivity contribution in [2.45, 2.75) is 20.8 Å². The Morgan fingerprint density at radius 3 is 2.12 bits per heavy atom. The van der Waals surface area contributed by atoms with Gasteiger partial charge in [0.2, 0.25) is 0 Å². The molecule has 0 unspecified atom stereocenters. The summed E-state index contributed by atoms with van der Waals surface area (Å²) in [4.78, 5) is 8.95. The molecule has 24 heavy (non-hydrogen) atoms. The standard InChI is InChI=1S/C15H14ClNO.C2H4O2.C2H6/c1-11(17)10-12-4-2-3-5-15(12)18-14-8-6-13(16)7-9-14;1-4-2-3;1-2/h2-10H,17H2,1H3;2H,1H3;1-2H3/b11-10+;;. The molecule has 0 atom stereocenters. The zero-order valence-corrected chi connectivity index (χ0v) is 15.2. The lowest BCUT2D eigenvalue weighted by molar-refractivity contribution is -0.126. The van der Waals surface area contributed by atoms with Crippen LogP contribution in [-0.2, 0) is 9.53 Å². The van der Waals surface area contributed by atoms with Crippen LogP contribution in [-0.4, -0.2) is 13.6 Å². The van der Waals surface area contributed by atoms with Crippen molar-refractivity contribution in [3.8, 4) is 11.5 Å². The van der Waals surface area contributed by atoms with Gasteiger partial charge < -0.3 is 15.2 Å². The number of halogens is 1. The molecule has 0 heterocycles. The molecule has 0 aromatic heterocycles. The maximum Gasteiger partial charge on any atom is 0.292 e. The lowest BCUT2D eigenvalue weighted by atomic mass is 10.1. The van der Waals surface area contributed by atoms with Crippen LogP contribution in [0.1, 0.15) is 26.3 Å². The third-order valence-electron chi connectivity index (χ3n) is 2.44. The predicted octanol–water partition coefficient (Wildman–Crippen LogP) is 5.27. The van der Waals surface area contributed by atoms with Gasteiger partial charge in [-0.1, -0.05) is 43.6 Å². The van der Waals surface area contributed by atoms with Crippen molar-refractivity contribution in [2.24, 2.45) is 5.73 Å². The Balaban J connectivity index is 0.000000773. The summed E-state index contributed by atoms with van der Waals surface area (Å²) in [7, 11) is 1.31. The molecule has 2 aromatic rings. The number of rotatable bonds is 4. The second-order valence-electron chi connectivity index (χ2n) is 4.31. The van der Waals surface area contributed by atoms with Gasteiger partial charge in [-0.15, -0.1) is 0 Å². The Hall–Kier alpha value is -2.46. The summed E-state index contributed by atoms with van der Waals surface area (Å²) >= 11 is 5.83. The molecule has 2 rings (SSSR count). The van der Waals surface area contributed by atoms with Crippen LogP contribution in [0.2, 0.25) is 5.02 Å². The minimum atomic E-state index is 0.375. The Kier molecular flexibility index (Phi) is 11.7. The number of methoxy groups -OCH3 is 1. The maximum atomic E-state index is 8.95. The molecule has 0 bridgehead atoms. The minimum absolute atomic E-state index is 0.375. The van der Waals surface area contributed by atoms with Gasteiger partial charge >= 0.3 is 0 Å². The van der Waals surface area contributed by atoms with Gasteiger partial charge in [0.1, 0.15) is 11.5 Å². The average Bonchev–Trinajstić information content (AvgIpc) is 2.60. The van der Waals surface area contributed by atoms with Crippen LogP contribution in [0.25, 0.3) is 6.08 Å². The van der Waals surface area contributed by atoms with E-state index in [0.717, 1.165) is 22.8 Å². The molecular weight excluding hydrogens is 326 g/mol. The van der Waals surface area contributed by atoms with Crippen LogP contribution in [0.15, 0.2) is 54.2 Å². The lowest BCUT2D eigenvalue weighted by Gasteiger charge is -2.09. The first-order chi connectivity index (χ1) is 11.6. The summed E-state index contributed by atoms with van der Waals surface area (Å²) in [5, 5.41) is 0.688. The number of para-hydroxylation sites is 1. The highest BCUT2D eigenvalue weighted by atomic mass is 35.5. The fraction of sp³-hybridized carbons (Fsp3) is 0.211. The van der Waals surface area contributed by atoms with Gasteiger partial charge in [0, 0.05) is 16.3 Å². The van der Waals surface area contributed by atoms with E-state index in [1.54, 1.807) is 12.1 Å². The molecule has 0 saturated heterocycles. The first kappa shape index (κ1) is 21.5. The van der Waals surface area contributed by atoms with E-state index in [1.807, 2.05) is 63.2 Å². The van der Waals surface area contributed by atoms with E-state index in [2.05, 4.69) is 4.74 Å². The van der Waals surface area contributed by atoms with Gasteiger partial charge in [0.25, 0.3) is 6.47 Å². The molecule has 0 spiro atoms. The number of hydrogen-bond acceptors (Lipinski definition) is 4. The Bertz CT molecular complexity index is 621. The summed E-state index contributed by atoms with van der Waals surface area (Å²) in [6, 6.07) is 15.0. The Morgan fingerprint density at radius 2 is 1.62 bits per heavy atom. The van der Waals surface area contributed by atoms with E-state index in [9.17, 15) is 0 Å². The van der Waals surface area contributed by atoms with Crippen LogP contribution in [0.5, 0.6) is 11.5 Å². The molecule has 5 heteroatoms. The van der Waals surface area contributed by atoms with E-state index >= 15 is 0 Å². The molecule has 0 fully saturated rings. The van der Waals surface area contributed by atoms with E-state index in [0.29, 0.717) is 11.5 Å². The van der Waals surface area contributed by atoms with Crippen molar-refractivity contribution in [1.82, 2.24) is 0 Å². The van der Waals surface area contributed by atoms with Crippen LogP contribution < -0.4 is 10.5 Å². The second kappa shape index (κ2) is 13.0. The van der Waals surface area contributed by atoms with E-state index in [-0.39, 0.29) is 0 Å². The second-order valence-corrected chi connectivity index (χ2v) is 4.75. The van der Waals surface area contributed by atoms with Crippen molar-refractivity contribution in [3.63, 3.8) is 0 Å². The van der Waals surface area contributed by atoms with Crippen molar-refractivity contribution in [3.05, 3.63) is 64.8 Å². The molecule has 0 aliphatic rings. The first-order valence-electron chi connectivity index (χ1n) is 7.49. The predicted molar refractivity (Wildman–Crippen MR) is 100 cm³/mol. The minimum Gasteiger partial charge on any atom is -0.471 e. The van der Waals surface area contributed by atoms with Crippen LogP contribution >= 0.6 is 11.6 Å². The molecule has 130 valence electrons. The summed E-state index contributed by atoms with van der Waals surface area (Å²) < 4.78 is 9.67. The number of carbonyl (C=O) groups is 1. The summed E-state index contributed by atoms with van der Waals surface area (Å²) in [6.07, 6.45) is 1.88. The van der Waals surface area contributed by atoms with Gasteiger partial charge in [0.15, 0.2) is 0 Å². The van der Waals surface area contributed by atoms with Crippen LogP contribution in [0.4, 0.5) is 0 Å². The number of ether oxygens (including phenoxy) is 2. The highest BCUT2D eigenvalue weighted by molar-refractivity contribution is 6.30. The van der Waals surface area contributed by atoms with Crippen LogP contribution in [0.3, 0.4) is 0 Å². The Labute approximate surface area is 148 Å². The summed E-state index contributed by atoms with van der Waals surface area (Å²) in [6.45, 7) is 6.22. The summed E-state index contributed by atoms with van der Waals surface area (Å²) in [5.41, 5.74) is 7.38. The van der Waals surface area contributed by atoms with Crippen molar-refractivity contribution < 1.29 is 14.3 Å². The van der Waals surface area contributed by atoms with E-state index in [4.69, 9.17) is 26.9 Å². The molecule has 0 saturated carbocycles.